The molecule has 0 aromatic carbocycles. The number of hydrazine groups is 2. The van der Waals surface area contributed by atoms with Crippen LogP contribution in [0.25, 0.3) is 0 Å². The highest BCUT2D eigenvalue weighted by Gasteiger charge is 2.07. The van der Waals surface area contributed by atoms with Crippen LogP contribution in [-0.2, 0) is 0 Å². The van der Waals surface area contributed by atoms with E-state index in [0.717, 1.165) is 6.54 Å². The van der Waals surface area contributed by atoms with E-state index >= 15 is 0 Å². The molecule has 0 saturated carbocycles. The van der Waals surface area contributed by atoms with Gasteiger partial charge >= 0.3 is 0 Å². The Kier molecular flexibility index (Phi) is 1.60. The second-order valence-electron chi connectivity index (χ2n) is 1.47. The van der Waals surface area contributed by atoms with Crippen LogP contribution < -0.4 is 11.0 Å². The summed E-state index contributed by atoms with van der Waals surface area (Å²) in [7, 11) is 0. The molecular weight excluding hydrogens is 126 g/mol. The zero-order valence-corrected chi connectivity index (χ0v) is 5.37. The van der Waals surface area contributed by atoms with Crippen molar-refractivity contribution in [2.24, 2.45) is 0 Å². The van der Waals surface area contributed by atoms with E-state index in [1.54, 1.807) is 11.2 Å². The van der Waals surface area contributed by atoms with E-state index in [1.807, 2.05) is 6.92 Å². The predicted octanol–water partition coefficient (Wildman–Crippen LogP) is 0.369. The first kappa shape index (κ1) is 5.72. The van der Waals surface area contributed by atoms with Crippen LogP contribution in [0.2, 0.25) is 0 Å². The number of rotatable bonds is 1. The summed E-state index contributed by atoms with van der Waals surface area (Å²) in [6.45, 7) is 2.87. The van der Waals surface area contributed by atoms with E-state index in [-0.39, 0.29) is 0 Å². The van der Waals surface area contributed by atoms with E-state index in [4.69, 9.17) is 11.6 Å². The first-order valence-corrected chi connectivity index (χ1v) is 2.86. The molecular formula is C4H8ClN3. The van der Waals surface area contributed by atoms with Crippen molar-refractivity contribution < 1.29 is 0 Å². The molecule has 0 aromatic rings. The minimum Gasteiger partial charge on any atom is -0.308 e. The van der Waals surface area contributed by atoms with Gasteiger partial charge in [-0.25, -0.2) is 0 Å². The molecule has 0 atom stereocenters. The quantitative estimate of drug-likeness (QED) is 0.506. The van der Waals surface area contributed by atoms with Crippen molar-refractivity contribution in [3.05, 3.63) is 11.4 Å². The molecule has 1 rings (SSSR count). The minimum atomic E-state index is 0.701. The molecule has 1 heterocycles. The molecule has 0 radical (unpaired) electrons. The topological polar surface area (TPSA) is 27.3 Å². The third kappa shape index (κ3) is 0.877. The molecule has 8 heavy (non-hydrogen) atoms. The van der Waals surface area contributed by atoms with E-state index in [1.165, 1.54) is 0 Å². The Balaban J connectivity index is 2.46. The van der Waals surface area contributed by atoms with Crippen molar-refractivity contribution in [1.29, 1.82) is 0 Å². The van der Waals surface area contributed by atoms with E-state index < -0.39 is 0 Å². The molecule has 3 nitrogen and oxygen atoms in total. The molecule has 0 aromatic heterocycles. The maximum Gasteiger partial charge on any atom is 0.137 e. The fraction of sp³-hybridized carbons (Fsp3) is 0.500. The van der Waals surface area contributed by atoms with Gasteiger partial charge in [0.25, 0.3) is 0 Å². The third-order valence-corrected chi connectivity index (χ3v) is 1.28. The zero-order chi connectivity index (χ0) is 5.98. The van der Waals surface area contributed by atoms with Crippen molar-refractivity contribution in [3.8, 4) is 0 Å². The molecule has 0 spiro atoms. The van der Waals surface area contributed by atoms with Gasteiger partial charge in [0.1, 0.15) is 5.16 Å². The summed E-state index contributed by atoms with van der Waals surface area (Å²) in [5.41, 5.74) is 5.57. The molecule has 2 N–H and O–H groups in total. The maximum absolute atomic E-state index is 5.64. The number of halogens is 1. The van der Waals surface area contributed by atoms with Gasteiger partial charge in [-0.1, -0.05) is 11.6 Å². The third-order valence-electron chi connectivity index (χ3n) is 0.965. The molecule has 1 aliphatic rings. The van der Waals surface area contributed by atoms with E-state index in [9.17, 15) is 0 Å². The van der Waals surface area contributed by atoms with Gasteiger partial charge in [0.05, 0.1) is 6.20 Å². The fourth-order valence-corrected chi connectivity index (χ4v) is 0.748. The van der Waals surface area contributed by atoms with Crippen LogP contribution in [0.5, 0.6) is 0 Å². The van der Waals surface area contributed by atoms with Gasteiger partial charge in [-0.3, -0.25) is 5.01 Å². The van der Waals surface area contributed by atoms with Crippen LogP contribution >= 0.6 is 11.6 Å². The van der Waals surface area contributed by atoms with Gasteiger partial charge in [0, 0.05) is 6.54 Å². The Bertz CT molecular complexity index is 112. The SMILES string of the molecule is CCN1NNC=C1Cl. The van der Waals surface area contributed by atoms with Crippen LogP contribution in [0.15, 0.2) is 11.4 Å². The molecule has 0 fully saturated rings. The fourth-order valence-electron chi connectivity index (χ4n) is 0.531. The maximum atomic E-state index is 5.64. The van der Waals surface area contributed by atoms with Crippen LogP contribution in [-0.4, -0.2) is 11.6 Å². The van der Waals surface area contributed by atoms with Crippen molar-refractivity contribution in [3.63, 3.8) is 0 Å². The Morgan fingerprint density at radius 1 is 1.88 bits per heavy atom. The van der Waals surface area contributed by atoms with E-state index in [0.29, 0.717) is 5.16 Å². The number of hydrogen-bond acceptors (Lipinski definition) is 3. The van der Waals surface area contributed by atoms with Crippen LogP contribution in [0.3, 0.4) is 0 Å². The van der Waals surface area contributed by atoms with Gasteiger partial charge in [-0.2, -0.15) is 0 Å². The van der Waals surface area contributed by atoms with Gasteiger partial charge < -0.3 is 5.43 Å². The van der Waals surface area contributed by atoms with Gasteiger partial charge in [-0.05, 0) is 6.92 Å². The van der Waals surface area contributed by atoms with Crippen LogP contribution in [0.1, 0.15) is 6.92 Å². The first-order chi connectivity index (χ1) is 3.84. The lowest BCUT2D eigenvalue weighted by Crippen LogP contribution is -2.36. The second kappa shape index (κ2) is 2.24. The lowest BCUT2D eigenvalue weighted by Gasteiger charge is -2.13. The summed E-state index contributed by atoms with van der Waals surface area (Å²) >= 11 is 5.64. The molecule has 4 heteroatoms. The summed E-state index contributed by atoms with van der Waals surface area (Å²) in [5.74, 6) is 0. The summed E-state index contributed by atoms with van der Waals surface area (Å²) in [5, 5.41) is 2.49. The zero-order valence-electron chi connectivity index (χ0n) is 4.61. The summed E-state index contributed by atoms with van der Waals surface area (Å²) in [4.78, 5) is 0. The van der Waals surface area contributed by atoms with Crippen LogP contribution in [0, 0.1) is 0 Å². The Morgan fingerprint density at radius 3 is 2.88 bits per heavy atom. The highest BCUT2D eigenvalue weighted by Crippen LogP contribution is 2.06. The summed E-state index contributed by atoms with van der Waals surface area (Å²) in [6.07, 6.45) is 1.70. The summed E-state index contributed by atoms with van der Waals surface area (Å²) in [6, 6.07) is 0. The monoisotopic (exact) mass is 133 g/mol. The highest BCUT2D eigenvalue weighted by atomic mass is 35.5. The normalized spacial score (nSPS) is 18.2. The Hall–Kier alpha value is -0.410. The smallest absolute Gasteiger partial charge is 0.137 e. The average Bonchev–Trinajstić information content (AvgIpc) is 2.14. The average molecular weight is 134 g/mol. The lowest BCUT2D eigenvalue weighted by atomic mass is 10.7. The number of hydrogen-bond donors (Lipinski definition) is 2. The second-order valence-corrected chi connectivity index (χ2v) is 1.85. The van der Waals surface area contributed by atoms with Crippen molar-refractivity contribution in [1.82, 2.24) is 16.0 Å². The Labute approximate surface area is 53.2 Å². The molecule has 0 bridgehead atoms. The van der Waals surface area contributed by atoms with Gasteiger partial charge in [-0.15, -0.1) is 5.53 Å². The Morgan fingerprint density at radius 2 is 2.62 bits per heavy atom. The molecule has 0 saturated heterocycles. The number of nitrogens with zero attached hydrogens (tertiary/aromatic N) is 1. The molecule has 0 unspecified atom stereocenters. The lowest BCUT2D eigenvalue weighted by molar-refractivity contribution is 0.278. The van der Waals surface area contributed by atoms with Crippen molar-refractivity contribution in [2.45, 2.75) is 6.92 Å². The molecule has 46 valence electrons. The molecule has 0 aliphatic carbocycles. The summed E-state index contributed by atoms with van der Waals surface area (Å²) < 4.78 is 0. The largest absolute Gasteiger partial charge is 0.308 e. The van der Waals surface area contributed by atoms with E-state index in [2.05, 4.69) is 11.0 Å². The first-order valence-electron chi connectivity index (χ1n) is 2.49. The number of nitrogens with one attached hydrogen (secondary N) is 2. The van der Waals surface area contributed by atoms with Crippen LogP contribution in [0.4, 0.5) is 0 Å². The predicted molar refractivity (Wildman–Crippen MR) is 32.6 cm³/mol. The minimum absolute atomic E-state index is 0.701. The van der Waals surface area contributed by atoms with Crippen molar-refractivity contribution in [2.75, 3.05) is 6.54 Å². The standard InChI is InChI=1S/C4H8ClN3/c1-2-8-4(5)3-6-7-8/h3,6-7H,2H2,1H3. The van der Waals surface area contributed by atoms with Gasteiger partial charge in [0.15, 0.2) is 0 Å². The molecule has 0 amide bonds. The highest BCUT2D eigenvalue weighted by molar-refractivity contribution is 6.29. The van der Waals surface area contributed by atoms with Crippen molar-refractivity contribution >= 4 is 11.6 Å². The molecule has 1 aliphatic heterocycles. The van der Waals surface area contributed by atoms with Gasteiger partial charge in [0.2, 0.25) is 0 Å².